The Morgan fingerprint density at radius 1 is 0.833 bits per heavy atom. The van der Waals surface area contributed by atoms with Crippen LogP contribution in [0.15, 0.2) is 48.5 Å². The highest BCUT2D eigenvalue weighted by Crippen LogP contribution is 2.40. The van der Waals surface area contributed by atoms with Crippen molar-refractivity contribution in [3.8, 4) is 22.3 Å². The molecule has 1 N–H and O–H groups in total. The maximum Gasteiger partial charge on any atom is 0.338 e. The molecule has 2 nitrogen and oxygen atoms in total. The summed E-state index contributed by atoms with van der Waals surface area (Å²) >= 11 is 0. The van der Waals surface area contributed by atoms with E-state index in [0.29, 0.717) is 23.6 Å². The molecule has 0 amide bonds. The molecule has 36 heavy (non-hydrogen) atoms. The Bertz CT molecular complexity index is 1210. The minimum atomic E-state index is -1.67. The summed E-state index contributed by atoms with van der Waals surface area (Å²) < 4.78 is 56.8. The van der Waals surface area contributed by atoms with Crippen LogP contribution in [0.2, 0.25) is 0 Å². The molecule has 6 heteroatoms. The van der Waals surface area contributed by atoms with Crippen LogP contribution in [0.3, 0.4) is 0 Å². The predicted molar refractivity (Wildman–Crippen MR) is 133 cm³/mol. The monoisotopic (exact) mass is 498 g/mol. The first-order chi connectivity index (χ1) is 17.3. The summed E-state index contributed by atoms with van der Waals surface area (Å²) in [4.78, 5) is 11.5. The lowest BCUT2D eigenvalue weighted by atomic mass is 9.77. The summed E-state index contributed by atoms with van der Waals surface area (Å²) in [5, 5.41) is 9.36. The molecule has 1 aliphatic carbocycles. The van der Waals surface area contributed by atoms with Gasteiger partial charge in [-0.15, -0.1) is 0 Å². The van der Waals surface area contributed by atoms with E-state index in [0.717, 1.165) is 24.8 Å². The number of rotatable bonds is 8. The van der Waals surface area contributed by atoms with Crippen molar-refractivity contribution in [2.24, 2.45) is 5.92 Å². The van der Waals surface area contributed by atoms with Gasteiger partial charge in [0.05, 0.1) is 5.56 Å². The van der Waals surface area contributed by atoms with E-state index in [1.165, 1.54) is 50.2 Å². The van der Waals surface area contributed by atoms with Crippen LogP contribution in [0.4, 0.5) is 17.6 Å². The average Bonchev–Trinajstić information content (AvgIpc) is 2.87. The van der Waals surface area contributed by atoms with Gasteiger partial charge in [0.2, 0.25) is 0 Å². The molecule has 0 atom stereocenters. The minimum Gasteiger partial charge on any atom is -0.478 e. The molecule has 0 aliphatic heterocycles. The summed E-state index contributed by atoms with van der Waals surface area (Å²) in [5.41, 5.74) is 0.845. The normalized spacial score (nSPS) is 17.8. The Morgan fingerprint density at radius 2 is 1.47 bits per heavy atom. The number of carboxylic acids is 1. The Labute approximate surface area is 209 Å². The second-order valence-electron chi connectivity index (χ2n) is 9.74. The maximum atomic E-state index is 15.3. The minimum absolute atomic E-state index is 0.271. The third-order valence-electron chi connectivity index (χ3n) is 7.40. The van der Waals surface area contributed by atoms with E-state index in [1.54, 1.807) is 0 Å². The van der Waals surface area contributed by atoms with Crippen LogP contribution in [-0.2, 0) is 0 Å². The summed E-state index contributed by atoms with van der Waals surface area (Å²) in [6, 6.07) is 11.5. The van der Waals surface area contributed by atoms with Gasteiger partial charge in [-0.05, 0) is 78.0 Å². The zero-order chi connectivity index (χ0) is 25.8. The van der Waals surface area contributed by atoms with Crippen molar-refractivity contribution in [3.63, 3.8) is 0 Å². The molecular weight excluding hydrogens is 468 g/mol. The standard InChI is InChI=1S/C30H30F4O2/c1-2-3-4-5-18-6-8-19(9-7-18)20-10-12-21(13-11-20)23-14-15-24(30(35)36)28(33)27(23)22-16-25(31)29(34)26(32)17-22/h10-19H,2-9H2,1H3,(H,35,36). The van der Waals surface area contributed by atoms with Crippen LogP contribution < -0.4 is 0 Å². The Hall–Kier alpha value is -3.15. The molecular formula is C30H30F4O2. The first-order valence-corrected chi connectivity index (χ1v) is 12.6. The van der Waals surface area contributed by atoms with Gasteiger partial charge in [-0.3, -0.25) is 0 Å². The van der Waals surface area contributed by atoms with Gasteiger partial charge < -0.3 is 5.11 Å². The first-order valence-electron chi connectivity index (χ1n) is 12.6. The van der Waals surface area contributed by atoms with Crippen molar-refractivity contribution in [2.75, 3.05) is 0 Å². The van der Waals surface area contributed by atoms with Crippen molar-refractivity contribution < 1.29 is 27.5 Å². The molecule has 1 aliphatic rings. The summed E-state index contributed by atoms with van der Waals surface area (Å²) in [5.74, 6) is -6.01. The second kappa shape index (κ2) is 11.3. The fourth-order valence-electron chi connectivity index (χ4n) is 5.37. The van der Waals surface area contributed by atoms with E-state index in [-0.39, 0.29) is 16.7 Å². The molecule has 1 saturated carbocycles. The van der Waals surface area contributed by atoms with E-state index in [1.807, 2.05) is 24.3 Å². The van der Waals surface area contributed by atoms with Crippen LogP contribution in [0.5, 0.6) is 0 Å². The van der Waals surface area contributed by atoms with Crippen LogP contribution in [0.25, 0.3) is 22.3 Å². The Morgan fingerprint density at radius 3 is 2.06 bits per heavy atom. The van der Waals surface area contributed by atoms with E-state index < -0.39 is 34.8 Å². The lowest BCUT2D eigenvalue weighted by Gasteiger charge is -2.29. The van der Waals surface area contributed by atoms with Gasteiger partial charge in [0.25, 0.3) is 0 Å². The number of hydrogen-bond acceptors (Lipinski definition) is 1. The molecule has 0 unspecified atom stereocenters. The zero-order valence-electron chi connectivity index (χ0n) is 20.3. The number of hydrogen-bond donors (Lipinski definition) is 1. The average molecular weight is 499 g/mol. The molecule has 3 aromatic carbocycles. The molecule has 4 rings (SSSR count). The summed E-state index contributed by atoms with van der Waals surface area (Å²) in [6.45, 7) is 2.22. The van der Waals surface area contributed by atoms with Gasteiger partial charge in [-0.2, -0.15) is 0 Å². The molecule has 190 valence electrons. The van der Waals surface area contributed by atoms with Gasteiger partial charge in [0.1, 0.15) is 5.82 Å². The third kappa shape index (κ3) is 5.48. The van der Waals surface area contributed by atoms with Gasteiger partial charge in [-0.1, -0.05) is 62.9 Å². The quantitative estimate of drug-likeness (QED) is 0.191. The molecule has 1 fully saturated rings. The number of aromatic carboxylic acids is 1. The third-order valence-corrected chi connectivity index (χ3v) is 7.40. The van der Waals surface area contributed by atoms with E-state index in [9.17, 15) is 23.1 Å². The Kier molecular flexibility index (Phi) is 8.12. The predicted octanol–water partition coefficient (Wildman–Crippen LogP) is 9.13. The number of unbranched alkanes of at least 4 members (excludes halogenated alkanes) is 2. The molecule has 0 heterocycles. The molecule has 0 aromatic heterocycles. The van der Waals surface area contributed by atoms with Crippen LogP contribution in [0.1, 0.15) is 80.1 Å². The first kappa shape index (κ1) is 25.9. The molecule has 0 saturated heterocycles. The summed E-state index contributed by atoms with van der Waals surface area (Å²) in [7, 11) is 0. The topological polar surface area (TPSA) is 37.3 Å². The van der Waals surface area contributed by atoms with Gasteiger partial charge in [-0.25, -0.2) is 22.4 Å². The molecule has 0 spiro atoms. The fourth-order valence-corrected chi connectivity index (χ4v) is 5.37. The molecule has 0 bridgehead atoms. The SMILES string of the molecule is CCCCCC1CCC(c2ccc(-c3ccc(C(=O)O)c(F)c3-c3cc(F)c(F)c(F)c3)cc2)CC1. The van der Waals surface area contributed by atoms with Crippen molar-refractivity contribution in [3.05, 3.63) is 82.9 Å². The van der Waals surface area contributed by atoms with Crippen LogP contribution >= 0.6 is 0 Å². The lowest BCUT2D eigenvalue weighted by Crippen LogP contribution is -2.13. The van der Waals surface area contributed by atoms with Gasteiger partial charge in [0.15, 0.2) is 17.5 Å². The van der Waals surface area contributed by atoms with Crippen molar-refractivity contribution >= 4 is 5.97 Å². The van der Waals surface area contributed by atoms with Gasteiger partial charge in [0, 0.05) is 5.56 Å². The van der Waals surface area contributed by atoms with Crippen LogP contribution in [-0.4, -0.2) is 11.1 Å². The molecule has 3 aromatic rings. The van der Waals surface area contributed by atoms with Gasteiger partial charge >= 0.3 is 5.97 Å². The largest absolute Gasteiger partial charge is 0.478 e. The smallest absolute Gasteiger partial charge is 0.338 e. The fraction of sp³-hybridized carbons (Fsp3) is 0.367. The van der Waals surface area contributed by atoms with Crippen molar-refractivity contribution in [2.45, 2.75) is 64.2 Å². The summed E-state index contributed by atoms with van der Waals surface area (Å²) in [6.07, 6.45) is 9.78. The zero-order valence-corrected chi connectivity index (χ0v) is 20.3. The van der Waals surface area contributed by atoms with Crippen molar-refractivity contribution in [1.82, 2.24) is 0 Å². The number of benzene rings is 3. The number of carbonyl (C=O) groups is 1. The highest BCUT2D eigenvalue weighted by Gasteiger charge is 2.24. The highest BCUT2D eigenvalue weighted by atomic mass is 19.2. The second-order valence-corrected chi connectivity index (χ2v) is 9.74. The number of halogens is 4. The van der Waals surface area contributed by atoms with E-state index in [2.05, 4.69) is 6.92 Å². The Balaban J connectivity index is 1.63. The maximum absolute atomic E-state index is 15.3. The van der Waals surface area contributed by atoms with Crippen LogP contribution in [0, 0.1) is 29.2 Å². The van der Waals surface area contributed by atoms with E-state index in [4.69, 9.17) is 0 Å². The van der Waals surface area contributed by atoms with E-state index >= 15 is 4.39 Å². The lowest BCUT2D eigenvalue weighted by molar-refractivity contribution is 0.0692. The van der Waals surface area contributed by atoms with Crippen molar-refractivity contribution in [1.29, 1.82) is 0 Å². The highest BCUT2D eigenvalue weighted by molar-refractivity contribution is 5.94. The molecule has 0 radical (unpaired) electrons. The number of carboxylic acid groups (broad SMARTS) is 1.